The van der Waals surface area contributed by atoms with Crippen molar-refractivity contribution in [1.82, 2.24) is 0 Å². The quantitative estimate of drug-likeness (QED) is 0.559. The molecule has 74 valence electrons. The topological polar surface area (TPSA) is 0 Å². The van der Waals surface area contributed by atoms with E-state index in [1.807, 2.05) is 18.2 Å². The predicted octanol–water partition coefficient (Wildman–Crippen LogP) is 3.97. The van der Waals surface area contributed by atoms with Crippen LogP contribution in [0, 0.1) is 0 Å². The second-order valence-electron chi connectivity index (χ2n) is 3.48. The molecule has 0 saturated carbocycles. The lowest BCUT2D eigenvalue weighted by atomic mass is 9.98. The molecule has 0 aliphatic heterocycles. The van der Waals surface area contributed by atoms with Gasteiger partial charge < -0.3 is 0 Å². The Morgan fingerprint density at radius 2 is 1.79 bits per heavy atom. The Morgan fingerprint density at radius 3 is 2.21 bits per heavy atom. The molecule has 0 fully saturated rings. The van der Waals surface area contributed by atoms with E-state index in [9.17, 15) is 0 Å². The third-order valence-electron chi connectivity index (χ3n) is 2.25. The summed E-state index contributed by atoms with van der Waals surface area (Å²) in [5.41, 5.74) is 4.78. The van der Waals surface area contributed by atoms with Gasteiger partial charge in [-0.15, -0.1) is 0 Å². The number of benzene rings is 1. The molecule has 0 amide bonds. The third-order valence-corrected chi connectivity index (χ3v) is 2.56. The zero-order chi connectivity index (χ0) is 10.6. The molecule has 0 aliphatic carbocycles. The summed E-state index contributed by atoms with van der Waals surface area (Å²) in [5.74, 6) is 0.746. The maximum atomic E-state index is 4.33. The van der Waals surface area contributed by atoms with Crippen LogP contribution in [0.1, 0.15) is 19.4 Å². The minimum atomic E-state index is 0.746. The molecule has 0 unspecified atom stereocenters. The van der Waals surface area contributed by atoms with Crippen LogP contribution in [-0.4, -0.2) is 5.75 Å². The lowest BCUT2D eigenvalue weighted by molar-refractivity contribution is 1.31. The van der Waals surface area contributed by atoms with Gasteiger partial charge in [-0.2, -0.15) is 12.6 Å². The fourth-order valence-electron chi connectivity index (χ4n) is 1.37. The molecule has 1 aromatic carbocycles. The molecule has 0 radical (unpaired) electrons. The minimum absolute atomic E-state index is 0.746. The van der Waals surface area contributed by atoms with Crippen molar-refractivity contribution < 1.29 is 0 Å². The minimum Gasteiger partial charge on any atom is -0.175 e. The Kier molecular flexibility index (Phi) is 4.02. The molecule has 14 heavy (non-hydrogen) atoms. The zero-order valence-electron chi connectivity index (χ0n) is 8.75. The number of rotatable bonds is 3. The van der Waals surface area contributed by atoms with Crippen molar-refractivity contribution in [2.24, 2.45) is 0 Å². The molecule has 0 N–H and O–H groups in total. The number of hydrogen-bond acceptors (Lipinski definition) is 1. The summed E-state index contributed by atoms with van der Waals surface area (Å²) in [6.07, 6.45) is 0. The second kappa shape index (κ2) is 5.06. The van der Waals surface area contributed by atoms with Gasteiger partial charge in [0.2, 0.25) is 0 Å². The van der Waals surface area contributed by atoms with Gasteiger partial charge in [0, 0.05) is 5.75 Å². The molecule has 0 saturated heterocycles. The summed E-state index contributed by atoms with van der Waals surface area (Å²) in [6.45, 7) is 8.30. The summed E-state index contributed by atoms with van der Waals surface area (Å²) >= 11 is 4.33. The van der Waals surface area contributed by atoms with Crippen LogP contribution in [0.15, 0.2) is 48.1 Å². The highest BCUT2D eigenvalue weighted by atomic mass is 32.1. The van der Waals surface area contributed by atoms with Gasteiger partial charge in [0.15, 0.2) is 0 Å². The Balaban J connectivity index is 3.02. The Morgan fingerprint density at radius 1 is 1.21 bits per heavy atom. The number of thiol groups is 1. The van der Waals surface area contributed by atoms with Crippen molar-refractivity contribution in [3.8, 4) is 0 Å². The monoisotopic (exact) mass is 204 g/mol. The highest BCUT2D eigenvalue weighted by molar-refractivity contribution is 7.80. The summed E-state index contributed by atoms with van der Waals surface area (Å²) in [5, 5.41) is 0. The van der Waals surface area contributed by atoms with Crippen molar-refractivity contribution >= 4 is 18.2 Å². The molecule has 0 aromatic heterocycles. The van der Waals surface area contributed by atoms with E-state index in [1.54, 1.807) is 0 Å². The van der Waals surface area contributed by atoms with E-state index in [-0.39, 0.29) is 0 Å². The van der Waals surface area contributed by atoms with Crippen LogP contribution in [0.3, 0.4) is 0 Å². The molecule has 0 aliphatic rings. The van der Waals surface area contributed by atoms with E-state index in [1.165, 1.54) is 16.7 Å². The van der Waals surface area contributed by atoms with Crippen LogP contribution in [-0.2, 0) is 0 Å². The first kappa shape index (κ1) is 11.1. The smallest absolute Gasteiger partial charge is 0.0159 e. The number of hydrogen-bond donors (Lipinski definition) is 1. The average Bonchev–Trinajstić information content (AvgIpc) is 2.19. The van der Waals surface area contributed by atoms with Gasteiger partial charge in [-0.25, -0.2) is 0 Å². The Hall–Kier alpha value is -0.950. The molecular formula is C13H16S. The molecule has 0 spiro atoms. The van der Waals surface area contributed by atoms with Crippen molar-refractivity contribution in [3.05, 3.63) is 53.6 Å². The zero-order valence-corrected chi connectivity index (χ0v) is 9.64. The van der Waals surface area contributed by atoms with Gasteiger partial charge in [0.05, 0.1) is 0 Å². The predicted molar refractivity (Wildman–Crippen MR) is 67.7 cm³/mol. The van der Waals surface area contributed by atoms with E-state index < -0.39 is 0 Å². The fourth-order valence-corrected chi connectivity index (χ4v) is 1.88. The van der Waals surface area contributed by atoms with Crippen LogP contribution in [0.5, 0.6) is 0 Å². The van der Waals surface area contributed by atoms with Crippen molar-refractivity contribution in [1.29, 1.82) is 0 Å². The van der Waals surface area contributed by atoms with Gasteiger partial charge in [-0.1, -0.05) is 42.5 Å². The highest BCUT2D eigenvalue weighted by Crippen LogP contribution is 2.24. The first-order valence-electron chi connectivity index (χ1n) is 4.68. The molecular weight excluding hydrogens is 188 g/mol. The van der Waals surface area contributed by atoms with Crippen molar-refractivity contribution in [3.63, 3.8) is 0 Å². The summed E-state index contributed by atoms with van der Waals surface area (Å²) in [7, 11) is 0. The molecule has 1 aromatic rings. The fraction of sp³-hybridized carbons (Fsp3) is 0.231. The largest absolute Gasteiger partial charge is 0.175 e. The van der Waals surface area contributed by atoms with Crippen molar-refractivity contribution in [2.75, 3.05) is 5.75 Å². The molecule has 1 heteroatoms. The molecule has 0 bridgehead atoms. The average molecular weight is 204 g/mol. The SMILES string of the molecule is C=C(C(CS)=C(C)C)c1ccccc1. The number of allylic oxidation sites excluding steroid dienone is 2. The summed E-state index contributed by atoms with van der Waals surface area (Å²) in [6, 6.07) is 10.2. The summed E-state index contributed by atoms with van der Waals surface area (Å²) in [4.78, 5) is 0. The van der Waals surface area contributed by atoms with Gasteiger partial charge in [-0.05, 0) is 30.6 Å². The molecule has 0 nitrogen and oxygen atoms in total. The van der Waals surface area contributed by atoms with E-state index in [4.69, 9.17) is 0 Å². The molecule has 1 rings (SSSR count). The van der Waals surface area contributed by atoms with Crippen LogP contribution in [0.4, 0.5) is 0 Å². The van der Waals surface area contributed by atoms with Crippen molar-refractivity contribution in [2.45, 2.75) is 13.8 Å². The Labute approximate surface area is 91.8 Å². The maximum Gasteiger partial charge on any atom is 0.0159 e. The van der Waals surface area contributed by atoms with Crippen LogP contribution in [0.2, 0.25) is 0 Å². The lowest BCUT2D eigenvalue weighted by Gasteiger charge is -2.10. The maximum absolute atomic E-state index is 4.33. The van der Waals surface area contributed by atoms with Gasteiger partial charge in [0.1, 0.15) is 0 Å². The van der Waals surface area contributed by atoms with E-state index in [2.05, 4.69) is 45.2 Å². The van der Waals surface area contributed by atoms with Gasteiger partial charge in [-0.3, -0.25) is 0 Å². The third kappa shape index (κ3) is 2.52. The van der Waals surface area contributed by atoms with Crippen LogP contribution in [0.25, 0.3) is 5.57 Å². The normalized spacial score (nSPS) is 9.64. The van der Waals surface area contributed by atoms with E-state index in [0.717, 1.165) is 11.3 Å². The van der Waals surface area contributed by atoms with E-state index >= 15 is 0 Å². The highest BCUT2D eigenvalue weighted by Gasteiger charge is 2.04. The van der Waals surface area contributed by atoms with Crippen LogP contribution >= 0.6 is 12.6 Å². The lowest BCUT2D eigenvalue weighted by Crippen LogP contribution is -1.92. The Bertz CT molecular complexity index is 343. The van der Waals surface area contributed by atoms with Gasteiger partial charge in [0.25, 0.3) is 0 Å². The second-order valence-corrected chi connectivity index (χ2v) is 3.80. The molecule has 0 atom stereocenters. The van der Waals surface area contributed by atoms with Gasteiger partial charge >= 0.3 is 0 Å². The molecule has 0 heterocycles. The standard InChI is InChI=1S/C13H16S/c1-10(2)13(9-14)11(3)12-7-5-4-6-8-12/h4-8,14H,3,9H2,1-2H3. The first-order chi connectivity index (χ1) is 6.66. The van der Waals surface area contributed by atoms with Crippen LogP contribution < -0.4 is 0 Å². The van der Waals surface area contributed by atoms with E-state index in [0.29, 0.717) is 0 Å². The summed E-state index contributed by atoms with van der Waals surface area (Å²) < 4.78 is 0. The first-order valence-corrected chi connectivity index (χ1v) is 5.32.